The second kappa shape index (κ2) is 7.99. The van der Waals surface area contributed by atoms with Crippen LogP contribution in [0.2, 0.25) is 0 Å². The van der Waals surface area contributed by atoms with Crippen molar-refractivity contribution in [3.63, 3.8) is 0 Å². The molecule has 0 bridgehead atoms. The van der Waals surface area contributed by atoms with Crippen molar-refractivity contribution in [3.8, 4) is 0 Å². The van der Waals surface area contributed by atoms with Gasteiger partial charge in [0.1, 0.15) is 0 Å². The number of aryl methyl sites for hydroxylation is 2. The largest absolute Gasteiger partial charge is 0.453 e. The van der Waals surface area contributed by atoms with Crippen molar-refractivity contribution in [2.75, 3.05) is 25.1 Å². The number of anilines is 2. The molecule has 2 aromatic rings. The van der Waals surface area contributed by atoms with Gasteiger partial charge in [0.25, 0.3) is 6.43 Å². The summed E-state index contributed by atoms with van der Waals surface area (Å²) in [5, 5.41) is 14.7. The maximum absolute atomic E-state index is 13.6. The first kappa shape index (κ1) is 21.1. The van der Waals surface area contributed by atoms with Crippen LogP contribution >= 0.6 is 0 Å². The number of carbonyl (C=O) groups is 1. The van der Waals surface area contributed by atoms with Crippen LogP contribution in [0.25, 0.3) is 0 Å². The molecule has 1 fully saturated rings. The number of fused-ring (bicyclic) bond motifs is 2. The minimum Gasteiger partial charge on any atom is -0.453 e. The Morgan fingerprint density at radius 1 is 1.28 bits per heavy atom. The topological polar surface area (TPSA) is 83.7 Å². The van der Waals surface area contributed by atoms with Gasteiger partial charge in [0.05, 0.1) is 37.2 Å². The first-order valence-electron chi connectivity index (χ1n) is 11.0. The molecule has 1 N–H and O–H groups in total. The van der Waals surface area contributed by atoms with Gasteiger partial charge in [-0.05, 0) is 38.7 Å². The average molecular weight is 447 g/mol. The van der Waals surface area contributed by atoms with E-state index in [1.165, 1.54) is 7.11 Å². The van der Waals surface area contributed by atoms with Gasteiger partial charge in [-0.25, -0.2) is 13.6 Å². The smallest absolute Gasteiger partial charge is 0.409 e. The zero-order valence-electron chi connectivity index (χ0n) is 18.2. The SMILES string of the molecule is COC(=O)N1CCc2c(c(N3CCCc4nc(C)c(C(F)F)cc43)nn2C2CC(O)C2)C1. The van der Waals surface area contributed by atoms with E-state index >= 15 is 0 Å². The summed E-state index contributed by atoms with van der Waals surface area (Å²) in [4.78, 5) is 20.3. The number of aromatic nitrogens is 3. The number of methoxy groups -OCH3 is 1. The Morgan fingerprint density at radius 3 is 2.75 bits per heavy atom. The molecule has 32 heavy (non-hydrogen) atoms. The fraction of sp³-hybridized carbons (Fsp3) is 0.591. The number of amides is 1. The molecule has 172 valence electrons. The van der Waals surface area contributed by atoms with Gasteiger partial charge in [-0.3, -0.25) is 9.67 Å². The summed E-state index contributed by atoms with van der Waals surface area (Å²) in [6.45, 7) is 3.12. The lowest BCUT2D eigenvalue weighted by Gasteiger charge is -2.34. The van der Waals surface area contributed by atoms with Crippen molar-refractivity contribution in [1.29, 1.82) is 0 Å². The van der Waals surface area contributed by atoms with E-state index in [1.54, 1.807) is 17.9 Å². The molecule has 0 unspecified atom stereocenters. The number of aliphatic hydroxyl groups is 1. The number of carbonyl (C=O) groups excluding carboxylic acids is 1. The molecule has 0 saturated heterocycles. The second-order valence-corrected chi connectivity index (χ2v) is 8.80. The highest BCUT2D eigenvalue weighted by Crippen LogP contribution is 2.42. The third kappa shape index (κ3) is 3.41. The van der Waals surface area contributed by atoms with Gasteiger partial charge in [0.15, 0.2) is 5.82 Å². The van der Waals surface area contributed by atoms with Crippen LogP contribution in [0.5, 0.6) is 0 Å². The fourth-order valence-electron chi connectivity index (χ4n) is 5.03. The Morgan fingerprint density at radius 2 is 2.06 bits per heavy atom. The van der Waals surface area contributed by atoms with Gasteiger partial charge in [0, 0.05) is 42.0 Å². The number of ether oxygens (including phenoxy) is 1. The molecule has 10 heteroatoms. The molecular weight excluding hydrogens is 420 g/mol. The summed E-state index contributed by atoms with van der Waals surface area (Å²) in [7, 11) is 1.36. The van der Waals surface area contributed by atoms with E-state index < -0.39 is 12.5 Å². The molecule has 1 amide bonds. The number of rotatable bonds is 3. The normalized spacial score (nSPS) is 22.4. The number of alkyl halides is 2. The lowest BCUT2D eigenvalue weighted by atomic mass is 9.89. The summed E-state index contributed by atoms with van der Waals surface area (Å²) in [5.41, 5.74) is 3.69. The van der Waals surface area contributed by atoms with Gasteiger partial charge in [0.2, 0.25) is 0 Å². The van der Waals surface area contributed by atoms with Gasteiger partial charge in [-0.15, -0.1) is 0 Å². The van der Waals surface area contributed by atoms with Crippen molar-refractivity contribution in [3.05, 3.63) is 34.3 Å². The molecule has 8 nitrogen and oxygen atoms in total. The Hall–Kier alpha value is -2.75. The summed E-state index contributed by atoms with van der Waals surface area (Å²) >= 11 is 0. The predicted molar refractivity (Wildman–Crippen MR) is 112 cm³/mol. The Bertz CT molecular complexity index is 1050. The summed E-state index contributed by atoms with van der Waals surface area (Å²) in [6.07, 6.45) is 0.135. The van der Waals surface area contributed by atoms with Crippen molar-refractivity contribution in [2.24, 2.45) is 0 Å². The average Bonchev–Trinajstić information content (AvgIpc) is 3.13. The fourth-order valence-corrected chi connectivity index (χ4v) is 5.03. The molecule has 0 radical (unpaired) electrons. The lowest BCUT2D eigenvalue weighted by molar-refractivity contribution is 0.0417. The summed E-state index contributed by atoms with van der Waals surface area (Å²) in [6, 6.07) is 1.65. The standard InChI is InChI=1S/C22H27F2N5O3/c1-12-15(20(23)24)10-19-17(25-12)4-3-6-28(19)21-16-11-27(22(31)32-2)7-5-18(16)29(26-21)13-8-14(30)9-13/h10,13-14,20,30H,3-9,11H2,1-2H3. The maximum Gasteiger partial charge on any atom is 0.409 e. The van der Waals surface area contributed by atoms with Gasteiger partial charge in [-0.1, -0.05) is 0 Å². The van der Waals surface area contributed by atoms with Crippen molar-refractivity contribution in [1.82, 2.24) is 19.7 Å². The number of hydrogen-bond donors (Lipinski definition) is 1. The zero-order chi connectivity index (χ0) is 22.6. The van der Waals surface area contributed by atoms with E-state index in [0.29, 0.717) is 56.1 Å². The number of pyridine rings is 1. The Balaban J connectivity index is 1.60. The monoisotopic (exact) mass is 447 g/mol. The highest BCUT2D eigenvalue weighted by Gasteiger charge is 2.37. The predicted octanol–water partition coefficient (Wildman–Crippen LogP) is 3.43. The van der Waals surface area contributed by atoms with Crippen molar-refractivity contribution >= 4 is 17.6 Å². The quantitative estimate of drug-likeness (QED) is 0.776. The van der Waals surface area contributed by atoms with Crippen LogP contribution in [0.1, 0.15) is 59.9 Å². The minimum atomic E-state index is -2.60. The van der Waals surface area contributed by atoms with E-state index in [9.17, 15) is 18.7 Å². The number of hydrogen-bond acceptors (Lipinski definition) is 6. The first-order chi connectivity index (χ1) is 15.4. The Labute approximate surface area is 184 Å². The molecule has 4 heterocycles. The molecular formula is C22H27F2N5O3. The highest BCUT2D eigenvalue weighted by atomic mass is 19.3. The van der Waals surface area contributed by atoms with Crippen molar-refractivity contribution in [2.45, 2.75) is 64.1 Å². The van der Waals surface area contributed by atoms with Crippen LogP contribution in [0.15, 0.2) is 6.07 Å². The van der Waals surface area contributed by atoms with E-state index in [0.717, 1.165) is 29.8 Å². The highest BCUT2D eigenvalue weighted by molar-refractivity contribution is 5.71. The molecule has 1 aliphatic carbocycles. The van der Waals surface area contributed by atoms with Crippen LogP contribution in [0.3, 0.4) is 0 Å². The number of nitrogens with zero attached hydrogens (tertiary/aromatic N) is 5. The second-order valence-electron chi connectivity index (χ2n) is 8.80. The lowest BCUT2D eigenvalue weighted by Crippen LogP contribution is -2.38. The minimum absolute atomic E-state index is 0.0674. The van der Waals surface area contributed by atoms with E-state index in [4.69, 9.17) is 9.84 Å². The van der Waals surface area contributed by atoms with E-state index in [1.807, 2.05) is 9.58 Å². The third-order valence-electron chi connectivity index (χ3n) is 6.82. The summed E-state index contributed by atoms with van der Waals surface area (Å²) < 4.78 is 34.1. The van der Waals surface area contributed by atoms with Crippen LogP contribution in [-0.2, 0) is 24.1 Å². The molecule has 0 atom stereocenters. The van der Waals surface area contributed by atoms with Crippen LogP contribution in [0, 0.1) is 6.92 Å². The zero-order valence-corrected chi connectivity index (χ0v) is 18.2. The van der Waals surface area contributed by atoms with Gasteiger partial charge in [-0.2, -0.15) is 5.10 Å². The maximum atomic E-state index is 13.6. The van der Waals surface area contributed by atoms with E-state index in [-0.39, 0.29) is 17.7 Å². The van der Waals surface area contributed by atoms with Crippen LogP contribution in [-0.4, -0.2) is 57.2 Å². The van der Waals surface area contributed by atoms with Gasteiger partial charge < -0.3 is 19.6 Å². The van der Waals surface area contributed by atoms with E-state index in [2.05, 4.69) is 4.98 Å². The first-order valence-corrected chi connectivity index (χ1v) is 11.0. The molecule has 5 rings (SSSR count). The molecule has 3 aliphatic rings. The van der Waals surface area contributed by atoms with Gasteiger partial charge >= 0.3 is 6.09 Å². The van der Waals surface area contributed by atoms with Crippen LogP contribution < -0.4 is 4.90 Å². The molecule has 0 spiro atoms. The number of halogens is 2. The Kier molecular flexibility index (Phi) is 5.27. The third-order valence-corrected chi connectivity index (χ3v) is 6.82. The molecule has 2 aliphatic heterocycles. The van der Waals surface area contributed by atoms with Crippen LogP contribution in [0.4, 0.5) is 25.1 Å². The summed E-state index contributed by atoms with van der Waals surface area (Å²) in [5.74, 6) is 0.682. The molecule has 2 aromatic heterocycles. The molecule has 1 saturated carbocycles. The molecule has 0 aromatic carbocycles. The van der Waals surface area contributed by atoms with Crippen molar-refractivity contribution < 1.29 is 23.4 Å². The number of aliphatic hydroxyl groups excluding tert-OH is 1.